The number of nitrogens with zero attached hydrogens (tertiary/aromatic N) is 1. The lowest BCUT2D eigenvalue weighted by atomic mass is 9.92. The fourth-order valence-corrected chi connectivity index (χ4v) is 2.48. The first-order chi connectivity index (χ1) is 10.3. The summed E-state index contributed by atoms with van der Waals surface area (Å²) in [6, 6.07) is 0. The first-order valence-electron chi connectivity index (χ1n) is 8.49. The maximum atomic E-state index is 11.7. The number of carbonyl (C=O) groups excluding carboxylic acids is 2. The van der Waals surface area contributed by atoms with Gasteiger partial charge in [-0.3, -0.25) is 9.59 Å². The van der Waals surface area contributed by atoms with Crippen LogP contribution in [-0.4, -0.2) is 42.0 Å². The van der Waals surface area contributed by atoms with Crippen LogP contribution in [0.1, 0.15) is 66.7 Å². The Balaban J connectivity index is 0.00000211. The molecule has 2 N–H and O–H groups in total. The molecule has 0 radical (unpaired) electrons. The van der Waals surface area contributed by atoms with Crippen LogP contribution >= 0.6 is 0 Å². The average Bonchev–Trinajstić information content (AvgIpc) is 2.44. The summed E-state index contributed by atoms with van der Waals surface area (Å²) in [5.41, 5.74) is 4.76. The predicted octanol–water partition coefficient (Wildman–Crippen LogP) is 2.72. The zero-order valence-electron chi connectivity index (χ0n) is 15.0. The number of hydrogen-bond donors (Lipinski definition) is 1. The van der Waals surface area contributed by atoms with Crippen molar-refractivity contribution in [3.05, 3.63) is 0 Å². The van der Waals surface area contributed by atoms with Crippen LogP contribution in [0.5, 0.6) is 0 Å². The van der Waals surface area contributed by atoms with E-state index in [0.717, 1.165) is 38.9 Å². The monoisotopic (exact) mass is 314 g/mol. The van der Waals surface area contributed by atoms with Gasteiger partial charge < -0.3 is 15.4 Å². The Hall–Kier alpha value is -1.10. The molecule has 0 aromatic carbocycles. The third-order valence-electron chi connectivity index (χ3n) is 3.56. The quantitative estimate of drug-likeness (QED) is 0.765. The standard InChI is InChI=1S/C15H28N2O3.C2H6/c1-15(2,3)20-14(19)5-4-12-6-9-17(10-7-12)11-8-13(16)18;1-2/h12H,4-11H2,1-3H3,(H2,16,18);1-2H3. The second-order valence-electron chi connectivity index (χ2n) is 6.63. The second kappa shape index (κ2) is 10.6. The van der Waals surface area contributed by atoms with Crippen molar-refractivity contribution >= 4 is 11.9 Å². The molecule has 0 saturated carbocycles. The smallest absolute Gasteiger partial charge is 0.306 e. The minimum Gasteiger partial charge on any atom is -0.460 e. The van der Waals surface area contributed by atoms with Gasteiger partial charge in [0.05, 0.1) is 0 Å². The van der Waals surface area contributed by atoms with Gasteiger partial charge in [-0.15, -0.1) is 0 Å². The molecule has 5 nitrogen and oxygen atoms in total. The highest BCUT2D eigenvalue weighted by Gasteiger charge is 2.22. The lowest BCUT2D eigenvalue weighted by Crippen LogP contribution is -2.36. The van der Waals surface area contributed by atoms with Crippen molar-refractivity contribution in [2.45, 2.75) is 72.3 Å². The molecule has 0 aromatic rings. The van der Waals surface area contributed by atoms with Crippen LogP contribution in [-0.2, 0) is 14.3 Å². The van der Waals surface area contributed by atoms with Crippen LogP contribution in [0.3, 0.4) is 0 Å². The molecule has 1 rings (SSSR count). The Morgan fingerprint density at radius 1 is 1.14 bits per heavy atom. The van der Waals surface area contributed by atoms with Crippen LogP contribution in [0, 0.1) is 5.92 Å². The van der Waals surface area contributed by atoms with Gasteiger partial charge in [-0.2, -0.15) is 0 Å². The van der Waals surface area contributed by atoms with E-state index in [1.54, 1.807) is 0 Å². The van der Waals surface area contributed by atoms with Crippen molar-refractivity contribution in [2.24, 2.45) is 11.7 Å². The Morgan fingerprint density at radius 3 is 2.14 bits per heavy atom. The van der Waals surface area contributed by atoms with E-state index in [9.17, 15) is 9.59 Å². The zero-order valence-corrected chi connectivity index (χ0v) is 15.0. The van der Waals surface area contributed by atoms with Crippen LogP contribution in [0.25, 0.3) is 0 Å². The summed E-state index contributed by atoms with van der Waals surface area (Å²) in [4.78, 5) is 24.7. The van der Waals surface area contributed by atoms with Gasteiger partial charge in [0.25, 0.3) is 0 Å². The molecule has 1 heterocycles. The van der Waals surface area contributed by atoms with Crippen LogP contribution < -0.4 is 5.73 Å². The fourth-order valence-electron chi connectivity index (χ4n) is 2.48. The maximum absolute atomic E-state index is 11.7. The Morgan fingerprint density at radius 2 is 1.68 bits per heavy atom. The van der Waals surface area contributed by atoms with Crippen LogP contribution in [0.15, 0.2) is 0 Å². The second-order valence-corrected chi connectivity index (χ2v) is 6.63. The molecule has 0 aliphatic carbocycles. The van der Waals surface area contributed by atoms with Crippen LogP contribution in [0.4, 0.5) is 0 Å². The highest BCUT2D eigenvalue weighted by atomic mass is 16.6. The lowest BCUT2D eigenvalue weighted by molar-refractivity contribution is -0.155. The summed E-state index contributed by atoms with van der Waals surface area (Å²) in [7, 11) is 0. The molecule has 0 aromatic heterocycles. The van der Waals surface area contributed by atoms with E-state index in [1.807, 2.05) is 34.6 Å². The number of likely N-dealkylation sites (tertiary alicyclic amines) is 1. The van der Waals surface area contributed by atoms with Crippen molar-refractivity contribution in [1.82, 2.24) is 4.90 Å². The number of amides is 1. The average molecular weight is 314 g/mol. The number of rotatable bonds is 6. The molecule has 0 unspecified atom stereocenters. The number of hydrogen-bond acceptors (Lipinski definition) is 4. The zero-order chi connectivity index (χ0) is 17.2. The molecular formula is C17H34N2O3. The number of ether oxygens (including phenoxy) is 1. The highest BCUT2D eigenvalue weighted by Crippen LogP contribution is 2.22. The topological polar surface area (TPSA) is 72.6 Å². The van der Waals surface area contributed by atoms with Gasteiger partial charge in [-0.25, -0.2) is 0 Å². The van der Waals surface area contributed by atoms with Gasteiger partial charge in [-0.05, 0) is 59.0 Å². The van der Waals surface area contributed by atoms with E-state index in [1.165, 1.54) is 0 Å². The molecule has 0 bridgehead atoms. The molecule has 130 valence electrons. The number of esters is 1. The van der Waals surface area contributed by atoms with Crippen molar-refractivity contribution in [1.29, 1.82) is 0 Å². The van der Waals surface area contributed by atoms with Crippen LogP contribution in [0.2, 0.25) is 0 Å². The Bertz CT molecular complexity index is 329. The molecule has 0 spiro atoms. The summed E-state index contributed by atoms with van der Waals surface area (Å²) in [6.07, 6.45) is 4.01. The molecule has 22 heavy (non-hydrogen) atoms. The van der Waals surface area contributed by atoms with Crippen molar-refractivity contribution < 1.29 is 14.3 Å². The van der Waals surface area contributed by atoms with E-state index >= 15 is 0 Å². The number of primary amides is 1. The molecule has 1 aliphatic rings. The first kappa shape index (κ1) is 20.9. The van der Waals surface area contributed by atoms with E-state index in [0.29, 0.717) is 18.8 Å². The van der Waals surface area contributed by atoms with Crippen molar-refractivity contribution in [3.8, 4) is 0 Å². The highest BCUT2D eigenvalue weighted by molar-refractivity contribution is 5.73. The van der Waals surface area contributed by atoms with Gasteiger partial charge >= 0.3 is 5.97 Å². The minimum atomic E-state index is -0.394. The molecule has 1 saturated heterocycles. The van der Waals surface area contributed by atoms with Gasteiger partial charge in [0.15, 0.2) is 0 Å². The summed E-state index contributed by atoms with van der Waals surface area (Å²) in [5.74, 6) is 0.248. The maximum Gasteiger partial charge on any atom is 0.306 e. The molecular weight excluding hydrogens is 280 g/mol. The number of nitrogens with two attached hydrogens (primary N) is 1. The van der Waals surface area contributed by atoms with Crippen molar-refractivity contribution in [2.75, 3.05) is 19.6 Å². The minimum absolute atomic E-state index is 0.103. The Labute approximate surface area is 135 Å². The number of carbonyl (C=O) groups is 2. The summed E-state index contributed by atoms with van der Waals surface area (Å²) in [6.45, 7) is 12.4. The summed E-state index contributed by atoms with van der Waals surface area (Å²) < 4.78 is 5.31. The lowest BCUT2D eigenvalue weighted by Gasteiger charge is -2.31. The molecule has 1 fully saturated rings. The van der Waals surface area contributed by atoms with Gasteiger partial charge in [-0.1, -0.05) is 13.8 Å². The summed E-state index contributed by atoms with van der Waals surface area (Å²) in [5, 5.41) is 0. The van der Waals surface area contributed by atoms with Gasteiger partial charge in [0, 0.05) is 19.4 Å². The number of piperidine rings is 1. The molecule has 5 heteroatoms. The van der Waals surface area contributed by atoms with E-state index < -0.39 is 5.60 Å². The van der Waals surface area contributed by atoms with E-state index in [2.05, 4.69) is 4.90 Å². The largest absolute Gasteiger partial charge is 0.460 e. The van der Waals surface area contributed by atoms with E-state index in [-0.39, 0.29) is 11.9 Å². The summed E-state index contributed by atoms with van der Waals surface area (Å²) >= 11 is 0. The third-order valence-corrected chi connectivity index (χ3v) is 3.56. The van der Waals surface area contributed by atoms with Crippen molar-refractivity contribution in [3.63, 3.8) is 0 Å². The molecule has 1 amide bonds. The normalized spacial score (nSPS) is 16.6. The molecule has 1 aliphatic heterocycles. The first-order valence-corrected chi connectivity index (χ1v) is 8.49. The third kappa shape index (κ3) is 10.6. The fraction of sp³-hybridized carbons (Fsp3) is 0.882. The van der Waals surface area contributed by atoms with Gasteiger partial charge in [0.1, 0.15) is 5.60 Å². The predicted molar refractivity (Wildman–Crippen MR) is 89.4 cm³/mol. The molecule has 0 atom stereocenters. The van der Waals surface area contributed by atoms with Gasteiger partial charge in [0.2, 0.25) is 5.91 Å². The Kier molecular flexibility index (Phi) is 10.1. The van der Waals surface area contributed by atoms with E-state index in [4.69, 9.17) is 10.5 Å². The SMILES string of the molecule is CC.CC(C)(C)OC(=O)CCC1CCN(CCC(N)=O)CC1.